The van der Waals surface area contributed by atoms with Gasteiger partial charge in [-0.05, 0) is 65.0 Å². The zero-order valence-corrected chi connectivity index (χ0v) is 31.6. The number of nitrogen functional groups attached to an aromatic ring is 2. The van der Waals surface area contributed by atoms with Crippen LogP contribution in [0.25, 0.3) is 32.7 Å². The van der Waals surface area contributed by atoms with Gasteiger partial charge in [-0.3, -0.25) is 0 Å². The Kier molecular flexibility index (Phi) is 10.00. The molecule has 0 aromatic heterocycles. The summed E-state index contributed by atoms with van der Waals surface area (Å²) in [7, 11) is 0. The maximum absolute atomic E-state index is 15.3. The molecule has 0 amide bonds. The van der Waals surface area contributed by atoms with E-state index in [1.165, 1.54) is 0 Å². The van der Waals surface area contributed by atoms with Crippen molar-refractivity contribution in [3.63, 3.8) is 0 Å². The van der Waals surface area contributed by atoms with Crippen LogP contribution in [-0.4, -0.2) is 36.5 Å². The molecule has 7 nitrogen and oxygen atoms in total. The molecule has 270 valence electrons. The first kappa shape index (κ1) is 36.1. The summed E-state index contributed by atoms with van der Waals surface area (Å²) < 4.78 is 2.44. The monoisotopic (exact) mass is 710 g/mol. The van der Waals surface area contributed by atoms with Crippen molar-refractivity contribution in [2.75, 3.05) is 42.5 Å². The van der Waals surface area contributed by atoms with Gasteiger partial charge < -0.3 is 21.5 Å². The minimum absolute atomic E-state index is 0.122. The van der Waals surface area contributed by atoms with Gasteiger partial charge >= 0.3 is 0 Å². The quantitative estimate of drug-likeness (QED) is 0.0634. The van der Waals surface area contributed by atoms with E-state index in [-0.39, 0.29) is 11.3 Å². The number of nitrogens with zero attached hydrogens (tertiary/aromatic N) is 4. The topological polar surface area (TPSA) is 129 Å². The summed E-state index contributed by atoms with van der Waals surface area (Å²) in [5, 5.41) is 39.7. The molecular weight excluding hydrogens is 665 g/mol. The third-order valence-corrected chi connectivity index (χ3v) is 10.6. The van der Waals surface area contributed by atoms with Gasteiger partial charge in [0.25, 0.3) is 0 Å². The lowest BCUT2D eigenvalue weighted by Gasteiger charge is -2.40. The van der Waals surface area contributed by atoms with Crippen molar-refractivity contribution >= 4 is 55.5 Å². The van der Waals surface area contributed by atoms with Crippen LogP contribution in [0.3, 0.4) is 0 Å². The first-order valence-electron chi connectivity index (χ1n) is 19.2. The highest BCUT2D eigenvalue weighted by atomic mass is 16.3. The largest absolute Gasteiger partial charge is 0.872 e. The molecule has 2 aliphatic carbocycles. The van der Waals surface area contributed by atoms with Gasteiger partial charge in [0.2, 0.25) is 5.71 Å². The molecule has 0 unspecified atom stereocenters. The maximum atomic E-state index is 15.3. The first-order chi connectivity index (χ1) is 26.4. The predicted octanol–water partition coefficient (Wildman–Crippen LogP) is 8.70. The second-order valence-electron chi connectivity index (χ2n) is 14.1. The van der Waals surface area contributed by atoms with Crippen LogP contribution in [0, 0.1) is 22.7 Å². The third kappa shape index (κ3) is 5.60. The molecule has 0 radical (unpaired) electrons. The summed E-state index contributed by atoms with van der Waals surface area (Å²) in [4.78, 5) is 2.38. The highest BCUT2D eigenvalue weighted by Crippen LogP contribution is 2.56. The van der Waals surface area contributed by atoms with E-state index in [1.54, 1.807) is 0 Å². The number of rotatable bonds is 10. The van der Waals surface area contributed by atoms with Gasteiger partial charge in [0.15, 0.2) is 0 Å². The Morgan fingerprint density at radius 3 is 1.56 bits per heavy atom. The predicted molar refractivity (Wildman–Crippen MR) is 221 cm³/mol. The Morgan fingerprint density at radius 1 is 0.630 bits per heavy atom. The number of benzene rings is 5. The van der Waals surface area contributed by atoms with Gasteiger partial charge in [-0.1, -0.05) is 94.1 Å². The van der Waals surface area contributed by atoms with Gasteiger partial charge in [0.05, 0.1) is 16.8 Å². The standard InChI is InChI=1S/C47H46N6O/c1-5-23-52(24-6-2)45-32-17-11-9-15-30(32)39(31-16-10-12-18-33(31)45)43-38(29(27-48)28-49)44(47(43)54)42-40-34(19-13-21-36(40)50)46(53(25-7-3)26-8-4)35-20-14-22-37(51)41(35)42/h9-22H,5-8,23-26,50-51H2,1-4H3. The van der Waals surface area contributed by atoms with Gasteiger partial charge in [-0.25, -0.2) is 4.58 Å². The SMILES string of the molecule is CCCN(CCC)c1c2cccc(N)c2c(C2=C([O-])C(=C3c4ccccc4C(=[N+](CCC)CCC)c4ccccc43)C2=C(C#N)C#N)c2c(N)cccc12. The summed E-state index contributed by atoms with van der Waals surface area (Å²) in [5.41, 5.74) is 23.0. The average molecular weight is 711 g/mol. The highest BCUT2D eigenvalue weighted by molar-refractivity contribution is 6.28. The number of hydrogen-bond acceptors (Lipinski definition) is 6. The van der Waals surface area contributed by atoms with Crippen molar-refractivity contribution in [3.05, 3.63) is 135 Å². The van der Waals surface area contributed by atoms with E-state index in [2.05, 4.69) is 85.7 Å². The number of nitriles is 2. The molecule has 54 heavy (non-hydrogen) atoms. The Morgan fingerprint density at radius 2 is 1.11 bits per heavy atom. The molecule has 7 rings (SSSR count). The van der Waals surface area contributed by atoms with E-state index in [0.717, 1.165) is 102 Å². The lowest BCUT2D eigenvalue weighted by molar-refractivity contribution is -0.527. The van der Waals surface area contributed by atoms with Gasteiger partial charge in [-0.15, -0.1) is 0 Å². The molecule has 0 heterocycles. The molecule has 7 heteroatoms. The van der Waals surface area contributed by atoms with Crippen molar-refractivity contribution in [2.24, 2.45) is 0 Å². The normalized spacial score (nSPS) is 13.4. The number of fused-ring (bicyclic) bond motifs is 4. The zero-order chi connectivity index (χ0) is 38.1. The fraction of sp³-hybridized carbons (Fsp3) is 0.255. The van der Waals surface area contributed by atoms with Crippen molar-refractivity contribution < 1.29 is 9.68 Å². The van der Waals surface area contributed by atoms with Crippen LogP contribution < -0.4 is 21.5 Å². The lowest BCUT2D eigenvalue weighted by Crippen LogP contribution is -2.31. The first-order valence-corrected chi connectivity index (χ1v) is 19.2. The van der Waals surface area contributed by atoms with Gasteiger partial charge in [-0.2, -0.15) is 10.5 Å². The van der Waals surface area contributed by atoms with Crippen LogP contribution in [-0.2, 0) is 0 Å². The number of hydrogen-bond donors (Lipinski definition) is 2. The minimum atomic E-state index is -0.240. The molecular formula is C47H46N6O. The van der Waals surface area contributed by atoms with E-state index in [4.69, 9.17) is 11.5 Å². The van der Waals surface area contributed by atoms with Crippen LogP contribution in [0.1, 0.15) is 81.2 Å². The maximum Gasteiger partial charge on any atom is 0.215 e. The van der Waals surface area contributed by atoms with Crippen LogP contribution >= 0.6 is 0 Å². The van der Waals surface area contributed by atoms with Crippen molar-refractivity contribution in [1.29, 1.82) is 10.5 Å². The molecule has 0 saturated carbocycles. The van der Waals surface area contributed by atoms with Gasteiger partial charge in [0.1, 0.15) is 30.8 Å². The zero-order valence-electron chi connectivity index (χ0n) is 31.6. The van der Waals surface area contributed by atoms with E-state index in [0.29, 0.717) is 44.4 Å². The summed E-state index contributed by atoms with van der Waals surface area (Å²) in [5.74, 6) is -0.240. The smallest absolute Gasteiger partial charge is 0.215 e. The lowest BCUT2D eigenvalue weighted by atomic mass is 9.68. The van der Waals surface area contributed by atoms with Crippen molar-refractivity contribution in [1.82, 2.24) is 0 Å². The Labute approximate surface area is 318 Å². The number of allylic oxidation sites excluding steroid dienone is 3. The van der Waals surface area contributed by atoms with Crippen LogP contribution in [0.5, 0.6) is 0 Å². The number of nitrogens with two attached hydrogens (primary N) is 2. The van der Waals surface area contributed by atoms with Crippen LogP contribution in [0.4, 0.5) is 17.1 Å². The fourth-order valence-corrected chi connectivity index (χ4v) is 8.70. The molecule has 2 aliphatic rings. The van der Waals surface area contributed by atoms with Crippen LogP contribution in [0.15, 0.2) is 107 Å². The molecule has 4 N–H and O–H groups in total. The molecule has 0 spiro atoms. The molecule has 0 saturated heterocycles. The average Bonchev–Trinajstić information content (AvgIpc) is 3.18. The number of anilines is 3. The van der Waals surface area contributed by atoms with Gasteiger partial charge in [0, 0.05) is 70.0 Å². The van der Waals surface area contributed by atoms with E-state index in [1.807, 2.05) is 48.5 Å². The van der Waals surface area contributed by atoms with E-state index >= 15 is 5.11 Å². The summed E-state index contributed by atoms with van der Waals surface area (Å²) in [6, 6.07) is 32.4. The highest BCUT2D eigenvalue weighted by Gasteiger charge is 2.39. The van der Waals surface area contributed by atoms with Crippen LogP contribution in [0.2, 0.25) is 0 Å². The fourth-order valence-electron chi connectivity index (χ4n) is 8.70. The second-order valence-corrected chi connectivity index (χ2v) is 14.1. The summed E-state index contributed by atoms with van der Waals surface area (Å²) in [6.07, 6.45) is 3.86. The Balaban J connectivity index is 1.66. The Bertz CT molecular complexity index is 2410. The third-order valence-electron chi connectivity index (χ3n) is 10.6. The molecule has 0 aliphatic heterocycles. The molecule has 0 atom stereocenters. The molecule has 0 bridgehead atoms. The molecule has 0 fully saturated rings. The minimum Gasteiger partial charge on any atom is -0.872 e. The van der Waals surface area contributed by atoms with E-state index < -0.39 is 0 Å². The molecule has 5 aromatic rings. The van der Waals surface area contributed by atoms with E-state index in [9.17, 15) is 10.5 Å². The second kappa shape index (κ2) is 15.0. The summed E-state index contributed by atoms with van der Waals surface area (Å²) >= 11 is 0. The Hall–Kier alpha value is -6.31. The molecule has 5 aromatic carbocycles. The van der Waals surface area contributed by atoms with Crippen molar-refractivity contribution in [3.8, 4) is 12.1 Å². The summed E-state index contributed by atoms with van der Waals surface area (Å²) in [6.45, 7) is 12.1. The van der Waals surface area contributed by atoms with Crippen molar-refractivity contribution in [2.45, 2.75) is 53.4 Å².